The summed E-state index contributed by atoms with van der Waals surface area (Å²) in [5.74, 6) is 4.15. The van der Waals surface area contributed by atoms with Crippen LogP contribution in [0, 0.1) is 12.3 Å². The van der Waals surface area contributed by atoms with E-state index in [1.807, 2.05) is 0 Å². The van der Waals surface area contributed by atoms with E-state index in [1.54, 1.807) is 26.4 Å². The molecule has 0 bridgehead atoms. The normalized spacial score (nSPS) is 9.00. The standard InChI is InChI=1S/C11H12O3/c1-5-8-6-7-9(12-2)11(14-4)10(8)13-3/h1,6-7H,2-4H3. The Labute approximate surface area is 83.6 Å². The third-order valence-corrected chi connectivity index (χ3v) is 1.86. The van der Waals surface area contributed by atoms with Gasteiger partial charge in [0.2, 0.25) is 5.75 Å². The summed E-state index contributed by atoms with van der Waals surface area (Å²) < 4.78 is 15.4. The minimum Gasteiger partial charge on any atom is -0.493 e. The van der Waals surface area contributed by atoms with E-state index in [0.29, 0.717) is 22.8 Å². The van der Waals surface area contributed by atoms with E-state index in [1.165, 1.54) is 7.11 Å². The Morgan fingerprint density at radius 3 is 2.07 bits per heavy atom. The van der Waals surface area contributed by atoms with E-state index in [-0.39, 0.29) is 0 Å². The summed E-state index contributed by atoms with van der Waals surface area (Å²) in [5.41, 5.74) is 0.644. The number of terminal acetylenes is 1. The van der Waals surface area contributed by atoms with Gasteiger partial charge in [-0.2, -0.15) is 0 Å². The highest BCUT2D eigenvalue weighted by molar-refractivity contribution is 5.60. The van der Waals surface area contributed by atoms with E-state index in [4.69, 9.17) is 20.6 Å². The van der Waals surface area contributed by atoms with E-state index >= 15 is 0 Å². The molecule has 3 nitrogen and oxygen atoms in total. The molecule has 1 aromatic carbocycles. The number of ether oxygens (including phenoxy) is 3. The van der Waals surface area contributed by atoms with Gasteiger partial charge in [0, 0.05) is 0 Å². The second-order valence-electron chi connectivity index (χ2n) is 2.53. The van der Waals surface area contributed by atoms with Crippen LogP contribution in [0.1, 0.15) is 5.56 Å². The van der Waals surface area contributed by atoms with Crippen molar-refractivity contribution in [3.63, 3.8) is 0 Å². The molecule has 1 rings (SSSR count). The van der Waals surface area contributed by atoms with Crippen molar-refractivity contribution in [2.45, 2.75) is 0 Å². The number of methoxy groups -OCH3 is 3. The molecular formula is C11H12O3. The molecule has 0 amide bonds. The molecule has 0 aliphatic heterocycles. The molecule has 0 aromatic heterocycles. The van der Waals surface area contributed by atoms with Gasteiger partial charge in [0.15, 0.2) is 11.5 Å². The maximum atomic E-state index is 5.31. The molecule has 1 aromatic rings. The quantitative estimate of drug-likeness (QED) is 0.682. The fourth-order valence-corrected chi connectivity index (χ4v) is 1.21. The van der Waals surface area contributed by atoms with Crippen LogP contribution in [0.15, 0.2) is 12.1 Å². The van der Waals surface area contributed by atoms with Gasteiger partial charge < -0.3 is 14.2 Å². The molecule has 0 aliphatic rings. The van der Waals surface area contributed by atoms with Crippen molar-refractivity contribution in [3.05, 3.63) is 17.7 Å². The molecule has 0 atom stereocenters. The molecule has 0 radical (unpaired) electrons. The van der Waals surface area contributed by atoms with Crippen LogP contribution in [0.5, 0.6) is 17.2 Å². The van der Waals surface area contributed by atoms with Gasteiger partial charge in [0.05, 0.1) is 26.9 Å². The average molecular weight is 192 g/mol. The third kappa shape index (κ3) is 1.60. The molecule has 74 valence electrons. The lowest BCUT2D eigenvalue weighted by Crippen LogP contribution is -1.96. The minimum absolute atomic E-state index is 0.519. The van der Waals surface area contributed by atoms with Gasteiger partial charge in [0.1, 0.15) is 0 Å². The van der Waals surface area contributed by atoms with E-state index in [0.717, 1.165) is 0 Å². The Morgan fingerprint density at radius 1 is 1.00 bits per heavy atom. The van der Waals surface area contributed by atoms with Crippen LogP contribution in [0.2, 0.25) is 0 Å². The monoisotopic (exact) mass is 192 g/mol. The lowest BCUT2D eigenvalue weighted by molar-refractivity contribution is 0.324. The Morgan fingerprint density at radius 2 is 1.64 bits per heavy atom. The van der Waals surface area contributed by atoms with Crippen LogP contribution < -0.4 is 14.2 Å². The van der Waals surface area contributed by atoms with Crippen LogP contribution in [-0.4, -0.2) is 21.3 Å². The predicted molar refractivity (Wildman–Crippen MR) is 54.0 cm³/mol. The lowest BCUT2D eigenvalue weighted by atomic mass is 10.2. The first-order valence-electron chi connectivity index (χ1n) is 4.04. The number of hydrogen-bond acceptors (Lipinski definition) is 3. The molecule has 0 unspecified atom stereocenters. The lowest BCUT2D eigenvalue weighted by Gasteiger charge is -2.12. The van der Waals surface area contributed by atoms with Gasteiger partial charge >= 0.3 is 0 Å². The highest BCUT2D eigenvalue weighted by Gasteiger charge is 2.13. The summed E-state index contributed by atoms with van der Waals surface area (Å²) in [5, 5.41) is 0. The molecule has 0 N–H and O–H groups in total. The summed E-state index contributed by atoms with van der Waals surface area (Å²) in [6.07, 6.45) is 5.31. The zero-order valence-electron chi connectivity index (χ0n) is 8.46. The van der Waals surface area contributed by atoms with Crippen molar-refractivity contribution in [3.8, 4) is 29.6 Å². The summed E-state index contributed by atoms with van der Waals surface area (Å²) in [6.45, 7) is 0. The molecule has 0 aliphatic carbocycles. The highest BCUT2D eigenvalue weighted by Crippen LogP contribution is 2.39. The Hall–Kier alpha value is -1.82. The van der Waals surface area contributed by atoms with Gasteiger partial charge in [0.25, 0.3) is 0 Å². The topological polar surface area (TPSA) is 27.7 Å². The van der Waals surface area contributed by atoms with Crippen molar-refractivity contribution < 1.29 is 14.2 Å². The van der Waals surface area contributed by atoms with Crippen molar-refractivity contribution in [2.75, 3.05) is 21.3 Å². The van der Waals surface area contributed by atoms with Gasteiger partial charge in [-0.1, -0.05) is 5.92 Å². The van der Waals surface area contributed by atoms with Crippen molar-refractivity contribution in [1.82, 2.24) is 0 Å². The Balaban J connectivity index is 3.38. The fraction of sp³-hybridized carbons (Fsp3) is 0.273. The number of benzene rings is 1. The zero-order valence-corrected chi connectivity index (χ0v) is 8.46. The second-order valence-corrected chi connectivity index (χ2v) is 2.53. The Bertz CT molecular complexity index is 364. The van der Waals surface area contributed by atoms with Gasteiger partial charge in [-0.25, -0.2) is 0 Å². The third-order valence-electron chi connectivity index (χ3n) is 1.86. The molecule has 3 heteroatoms. The highest BCUT2D eigenvalue weighted by atomic mass is 16.5. The summed E-state index contributed by atoms with van der Waals surface area (Å²) in [7, 11) is 4.64. The van der Waals surface area contributed by atoms with E-state index < -0.39 is 0 Å². The number of rotatable bonds is 3. The SMILES string of the molecule is C#Cc1ccc(OC)c(OC)c1OC. The van der Waals surface area contributed by atoms with Crippen LogP contribution in [-0.2, 0) is 0 Å². The number of hydrogen-bond donors (Lipinski definition) is 0. The summed E-state index contributed by atoms with van der Waals surface area (Å²) >= 11 is 0. The van der Waals surface area contributed by atoms with Crippen molar-refractivity contribution in [1.29, 1.82) is 0 Å². The van der Waals surface area contributed by atoms with Crippen LogP contribution in [0.4, 0.5) is 0 Å². The summed E-state index contributed by atoms with van der Waals surface area (Å²) in [6, 6.07) is 3.50. The average Bonchev–Trinajstić information content (AvgIpc) is 2.26. The molecule has 0 heterocycles. The summed E-state index contributed by atoms with van der Waals surface area (Å²) in [4.78, 5) is 0. The molecular weight excluding hydrogens is 180 g/mol. The van der Waals surface area contributed by atoms with Gasteiger partial charge in [-0.05, 0) is 12.1 Å². The Kier molecular flexibility index (Phi) is 3.24. The van der Waals surface area contributed by atoms with Crippen LogP contribution >= 0.6 is 0 Å². The first kappa shape index (κ1) is 10.3. The first-order chi connectivity index (χ1) is 6.78. The van der Waals surface area contributed by atoms with Crippen molar-refractivity contribution >= 4 is 0 Å². The van der Waals surface area contributed by atoms with Crippen LogP contribution in [0.3, 0.4) is 0 Å². The predicted octanol–water partition coefficient (Wildman–Crippen LogP) is 1.69. The maximum absolute atomic E-state index is 5.31. The largest absolute Gasteiger partial charge is 0.493 e. The maximum Gasteiger partial charge on any atom is 0.204 e. The molecule has 14 heavy (non-hydrogen) atoms. The van der Waals surface area contributed by atoms with E-state index in [9.17, 15) is 0 Å². The zero-order chi connectivity index (χ0) is 10.6. The van der Waals surface area contributed by atoms with Crippen LogP contribution in [0.25, 0.3) is 0 Å². The van der Waals surface area contributed by atoms with Crippen molar-refractivity contribution in [2.24, 2.45) is 0 Å². The second kappa shape index (κ2) is 4.43. The molecule has 0 fully saturated rings. The molecule has 0 spiro atoms. The smallest absolute Gasteiger partial charge is 0.204 e. The van der Waals surface area contributed by atoms with E-state index in [2.05, 4.69) is 5.92 Å². The first-order valence-corrected chi connectivity index (χ1v) is 4.04. The van der Waals surface area contributed by atoms with Gasteiger partial charge in [-0.3, -0.25) is 0 Å². The molecule has 0 saturated carbocycles. The van der Waals surface area contributed by atoms with Gasteiger partial charge in [-0.15, -0.1) is 6.42 Å². The minimum atomic E-state index is 0.519. The molecule has 0 saturated heterocycles. The fourth-order valence-electron chi connectivity index (χ4n) is 1.21.